The van der Waals surface area contributed by atoms with Gasteiger partial charge in [-0.05, 0) is 54.3 Å². The van der Waals surface area contributed by atoms with Crippen molar-refractivity contribution in [2.24, 2.45) is 4.40 Å². The van der Waals surface area contributed by atoms with Gasteiger partial charge in [0.25, 0.3) is 0 Å². The van der Waals surface area contributed by atoms with Crippen molar-refractivity contribution in [1.29, 1.82) is 5.41 Å². The summed E-state index contributed by atoms with van der Waals surface area (Å²) in [7, 11) is 0. The molecule has 1 N–H and O–H groups in total. The Balaban J connectivity index is 1.24. The maximum atomic E-state index is 8.47. The summed E-state index contributed by atoms with van der Waals surface area (Å²) in [5.41, 5.74) is 12.2. The largest absolute Gasteiger partial charge is 0.299 e. The molecule has 5 nitrogen and oxygen atoms in total. The van der Waals surface area contributed by atoms with Crippen molar-refractivity contribution in [2.75, 3.05) is 0 Å². The molecule has 2 heterocycles. The van der Waals surface area contributed by atoms with Gasteiger partial charge >= 0.3 is 0 Å². The first-order chi connectivity index (χ1) is 23.2. The van der Waals surface area contributed by atoms with E-state index in [0.717, 1.165) is 72.5 Å². The van der Waals surface area contributed by atoms with Crippen LogP contribution in [0.25, 0.3) is 73.3 Å². The summed E-state index contributed by atoms with van der Waals surface area (Å²) in [6.07, 6.45) is 3.71. The zero-order valence-corrected chi connectivity index (χ0v) is 26.1. The standard InChI is InChI=1S/C41H27N5S/c42-34-23-22-33-38(40(34)46-47)32-16-7-8-17-35(32)43-39(33)29-20-18-28(19-21-29)37-25-36(27-12-5-2-6-13-27)44-41(45-37)31-15-9-14-30(24-31)26-10-3-1-4-11-26/h1-25,42,47H. The van der Waals surface area contributed by atoms with Gasteiger partial charge in [0.15, 0.2) is 5.82 Å². The number of pyridine rings is 1. The van der Waals surface area contributed by atoms with Gasteiger partial charge in [-0.25, -0.2) is 19.3 Å². The first-order valence-corrected chi connectivity index (χ1v) is 15.7. The smallest absolute Gasteiger partial charge is 0.160 e. The Morgan fingerprint density at radius 1 is 0.511 bits per heavy atom. The molecule has 2 aromatic heterocycles. The number of para-hydroxylation sites is 1. The predicted octanol–water partition coefficient (Wildman–Crippen LogP) is 10.0. The molecule has 1 aliphatic rings. The molecule has 6 heteroatoms. The zero-order chi connectivity index (χ0) is 31.7. The van der Waals surface area contributed by atoms with E-state index in [1.807, 2.05) is 66.7 Å². The van der Waals surface area contributed by atoms with Gasteiger partial charge in [0.1, 0.15) is 5.71 Å². The Labute approximate surface area is 278 Å². The van der Waals surface area contributed by atoms with Crippen molar-refractivity contribution in [1.82, 2.24) is 15.0 Å². The summed E-state index contributed by atoms with van der Waals surface area (Å²) in [4.78, 5) is 15.2. The average molecular weight is 622 g/mol. The van der Waals surface area contributed by atoms with E-state index < -0.39 is 0 Å². The van der Waals surface area contributed by atoms with Crippen LogP contribution in [-0.2, 0) is 0 Å². The third kappa shape index (κ3) is 5.35. The molecule has 0 radical (unpaired) electrons. The molecule has 0 unspecified atom stereocenters. The van der Waals surface area contributed by atoms with Gasteiger partial charge in [-0.1, -0.05) is 121 Å². The van der Waals surface area contributed by atoms with Crippen LogP contribution in [0.1, 0.15) is 11.1 Å². The molecule has 0 spiro atoms. The first kappa shape index (κ1) is 28.5. The number of thiol groups is 1. The molecule has 1 aliphatic carbocycles. The molecule has 0 bridgehead atoms. The maximum Gasteiger partial charge on any atom is 0.160 e. The second-order valence-electron chi connectivity index (χ2n) is 11.3. The highest BCUT2D eigenvalue weighted by molar-refractivity contribution is 7.79. The van der Waals surface area contributed by atoms with Crippen LogP contribution in [0.2, 0.25) is 0 Å². The second-order valence-corrected chi connectivity index (χ2v) is 11.5. The van der Waals surface area contributed by atoms with E-state index in [9.17, 15) is 0 Å². The highest BCUT2D eigenvalue weighted by Crippen LogP contribution is 2.36. The Kier molecular flexibility index (Phi) is 7.32. The molecule has 47 heavy (non-hydrogen) atoms. The van der Waals surface area contributed by atoms with E-state index in [1.54, 1.807) is 6.08 Å². The lowest BCUT2D eigenvalue weighted by Gasteiger charge is -2.19. The van der Waals surface area contributed by atoms with Crippen LogP contribution in [0.3, 0.4) is 0 Å². The second kappa shape index (κ2) is 12.1. The highest BCUT2D eigenvalue weighted by Gasteiger charge is 2.23. The summed E-state index contributed by atoms with van der Waals surface area (Å²) in [6.45, 7) is 0. The Morgan fingerprint density at radius 2 is 1.11 bits per heavy atom. The number of hydrogen-bond acceptors (Lipinski definition) is 6. The van der Waals surface area contributed by atoms with Crippen LogP contribution in [-0.4, -0.2) is 26.4 Å². The topological polar surface area (TPSA) is 74.9 Å². The van der Waals surface area contributed by atoms with E-state index >= 15 is 0 Å². The molecular weight excluding hydrogens is 595 g/mol. The lowest BCUT2D eigenvalue weighted by Crippen LogP contribution is -2.18. The third-order valence-corrected chi connectivity index (χ3v) is 8.62. The Hall–Kier alpha value is -5.98. The molecule has 7 aromatic rings. The van der Waals surface area contributed by atoms with E-state index in [1.165, 1.54) is 0 Å². The molecule has 222 valence electrons. The van der Waals surface area contributed by atoms with E-state index in [2.05, 4.69) is 96.1 Å². The fraction of sp³-hybridized carbons (Fsp3) is 0. The summed E-state index contributed by atoms with van der Waals surface area (Å²) in [6, 6.07) is 47.3. The van der Waals surface area contributed by atoms with Gasteiger partial charge in [-0.3, -0.25) is 5.41 Å². The van der Waals surface area contributed by atoms with Crippen molar-refractivity contribution in [3.05, 3.63) is 157 Å². The number of nitrogens with one attached hydrogen (secondary N) is 1. The lowest BCUT2D eigenvalue weighted by molar-refractivity contribution is 1.18. The van der Waals surface area contributed by atoms with E-state index in [-0.39, 0.29) is 0 Å². The highest BCUT2D eigenvalue weighted by atomic mass is 32.1. The van der Waals surface area contributed by atoms with Crippen molar-refractivity contribution in [3.63, 3.8) is 0 Å². The number of hydrogen-bond donors (Lipinski definition) is 2. The number of rotatable bonds is 5. The van der Waals surface area contributed by atoms with Crippen LogP contribution in [0.15, 0.2) is 150 Å². The average Bonchev–Trinajstić information content (AvgIpc) is 3.15. The molecule has 0 fully saturated rings. The molecule has 0 amide bonds. The normalized spacial score (nSPS) is 13.2. The molecule has 0 saturated heterocycles. The molecule has 5 aromatic carbocycles. The fourth-order valence-electron chi connectivity index (χ4n) is 6.10. The van der Waals surface area contributed by atoms with Crippen molar-refractivity contribution < 1.29 is 0 Å². The van der Waals surface area contributed by atoms with Gasteiger partial charge in [-0.15, -0.1) is 0 Å². The fourth-order valence-corrected chi connectivity index (χ4v) is 6.30. The number of fused-ring (bicyclic) bond motifs is 3. The SMILES string of the molecule is N=C1C=Cc2c(-c3ccc(-c4cc(-c5ccccc5)nc(-c5cccc(-c6ccccc6)c5)n4)cc3)nc3ccccc3c2C1=NS. The van der Waals surface area contributed by atoms with Crippen molar-refractivity contribution in [3.8, 4) is 56.3 Å². The summed E-state index contributed by atoms with van der Waals surface area (Å²) in [5.74, 6) is 0.666. The summed E-state index contributed by atoms with van der Waals surface area (Å²) < 4.78 is 4.19. The van der Waals surface area contributed by atoms with Crippen molar-refractivity contribution in [2.45, 2.75) is 0 Å². The molecule has 8 rings (SSSR count). The van der Waals surface area contributed by atoms with Gasteiger partial charge in [0, 0.05) is 38.8 Å². The number of benzene rings is 5. The first-order valence-electron chi connectivity index (χ1n) is 15.3. The molecular formula is C41H27N5S. The van der Waals surface area contributed by atoms with Gasteiger partial charge < -0.3 is 0 Å². The van der Waals surface area contributed by atoms with Crippen molar-refractivity contribution >= 4 is 41.2 Å². The van der Waals surface area contributed by atoms with Gasteiger partial charge in [-0.2, -0.15) is 0 Å². The third-order valence-electron chi connectivity index (χ3n) is 8.42. The molecule has 0 saturated carbocycles. The van der Waals surface area contributed by atoms with Crippen LogP contribution in [0.4, 0.5) is 0 Å². The van der Waals surface area contributed by atoms with Crippen LogP contribution >= 0.6 is 12.8 Å². The summed E-state index contributed by atoms with van der Waals surface area (Å²) in [5, 5.41) is 9.41. The van der Waals surface area contributed by atoms with Gasteiger partial charge in [0.2, 0.25) is 0 Å². The Bertz CT molecular complexity index is 2360. The molecule has 0 atom stereocenters. The minimum Gasteiger partial charge on any atom is -0.299 e. The summed E-state index contributed by atoms with van der Waals surface area (Å²) >= 11 is 4.22. The van der Waals surface area contributed by atoms with Crippen LogP contribution in [0, 0.1) is 5.41 Å². The van der Waals surface area contributed by atoms with Crippen LogP contribution in [0.5, 0.6) is 0 Å². The zero-order valence-electron chi connectivity index (χ0n) is 25.2. The van der Waals surface area contributed by atoms with E-state index in [4.69, 9.17) is 20.4 Å². The monoisotopic (exact) mass is 621 g/mol. The van der Waals surface area contributed by atoms with Crippen LogP contribution < -0.4 is 0 Å². The van der Waals surface area contributed by atoms with E-state index in [0.29, 0.717) is 17.2 Å². The number of nitrogens with zero attached hydrogens (tertiary/aromatic N) is 4. The number of aromatic nitrogens is 3. The van der Waals surface area contributed by atoms with Gasteiger partial charge in [0.05, 0.1) is 28.3 Å². The lowest BCUT2D eigenvalue weighted by atomic mass is 9.88. The number of allylic oxidation sites excluding steroid dienone is 1. The minimum atomic E-state index is 0.327. The molecule has 0 aliphatic heterocycles. The minimum absolute atomic E-state index is 0.327. The quantitative estimate of drug-likeness (QED) is 0.188. The Morgan fingerprint density at radius 3 is 1.83 bits per heavy atom. The predicted molar refractivity (Wildman–Crippen MR) is 197 cm³/mol. The maximum absolute atomic E-state index is 8.47.